The molecule has 0 heterocycles. The molecule has 0 fully saturated rings. The van der Waals surface area contributed by atoms with Crippen LogP contribution in [0.1, 0.15) is 31.0 Å². The molecule has 19 heavy (non-hydrogen) atoms. The van der Waals surface area contributed by atoms with E-state index in [2.05, 4.69) is 31.3 Å². The van der Waals surface area contributed by atoms with Crippen molar-refractivity contribution in [3.63, 3.8) is 0 Å². The minimum absolute atomic E-state index is 0.256. The number of hydrogen-bond acceptors (Lipinski definition) is 4. The van der Waals surface area contributed by atoms with Crippen LogP contribution in [0.4, 0.5) is 0 Å². The Morgan fingerprint density at radius 1 is 1.11 bits per heavy atom. The van der Waals surface area contributed by atoms with E-state index in [0.29, 0.717) is 19.3 Å². The average Bonchev–Trinajstić information content (AvgIpc) is 2.39. The summed E-state index contributed by atoms with van der Waals surface area (Å²) < 4.78 is 15.7. The van der Waals surface area contributed by atoms with E-state index in [1.54, 1.807) is 21.3 Å². The van der Waals surface area contributed by atoms with Gasteiger partial charge in [-0.15, -0.1) is 0 Å². The highest BCUT2D eigenvalue weighted by molar-refractivity contribution is 5.38. The van der Waals surface area contributed by atoms with E-state index in [9.17, 15) is 0 Å². The van der Waals surface area contributed by atoms with Crippen molar-refractivity contribution in [3.05, 3.63) is 29.3 Å². The van der Waals surface area contributed by atoms with Crippen LogP contribution in [0.5, 0.6) is 5.75 Å². The van der Waals surface area contributed by atoms with E-state index >= 15 is 0 Å². The molecule has 0 amide bonds. The SMILES string of the molecule is COCc1cc(C(C)NC(C)COC)ccc1OC. The minimum Gasteiger partial charge on any atom is -0.496 e. The van der Waals surface area contributed by atoms with Gasteiger partial charge in [-0.2, -0.15) is 0 Å². The predicted molar refractivity (Wildman–Crippen MR) is 76.6 cm³/mol. The Hall–Kier alpha value is -1.10. The van der Waals surface area contributed by atoms with Crippen LogP contribution in [0.15, 0.2) is 18.2 Å². The Labute approximate surface area is 116 Å². The van der Waals surface area contributed by atoms with Crippen molar-refractivity contribution in [2.45, 2.75) is 32.5 Å². The summed E-state index contributed by atoms with van der Waals surface area (Å²) in [5.74, 6) is 0.864. The molecule has 0 saturated carbocycles. The lowest BCUT2D eigenvalue weighted by molar-refractivity contribution is 0.167. The zero-order valence-corrected chi connectivity index (χ0v) is 12.5. The third kappa shape index (κ3) is 4.82. The number of methoxy groups -OCH3 is 3. The first-order valence-electron chi connectivity index (χ1n) is 6.53. The average molecular weight is 267 g/mol. The van der Waals surface area contributed by atoms with Crippen LogP contribution in [-0.2, 0) is 16.1 Å². The number of benzene rings is 1. The lowest BCUT2D eigenvalue weighted by Crippen LogP contribution is -2.32. The summed E-state index contributed by atoms with van der Waals surface area (Å²) in [6.07, 6.45) is 0. The van der Waals surface area contributed by atoms with Gasteiger partial charge in [-0.1, -0.05) is 6.07 Å². The van der Waals surface area contributed by atoms with Gasteiger partial charge in [0.1, 0.15) is 5.75 Å². The van der Waals surface area contributed by atoms with Gasteiger partial charge in [0.25, 0.3) is 0 Å². The Kier molecular flexibility index (Phi) is 6.84. The second-order valence-electron chi connectivity index (χ2n) is 4.75. The Morgan fingerprint density at radius 2 is 1.84 bits per heavy atom. The summed E-state index contributed by atoms with van der Waals surface area (Å²) in [6.45, 7) is 5.51. The maximum absolute atomic E-state index is 5.33. The summed E-state index contributed by atoms with van der Waals surface area (Å²) in [4.78, 5) is 0. The largest absolute Gasteiger partial charge is 0.496 e. The van der Waals surface area contributed by atoms with E-state index in [-0.39, 0.29) is 6.04 Å². The van der Waals surface area contributed by atoms with Crippen molar-refractivity contribution >= 4 is 0 Å². The quantitative estimate of drug-likeness (QED) is 0.785. The molecule has 0 radical (unpaired) electrons. The number of rotatable bonds is 8. The van der Waals surface area contributed by atoms with Gasteiger partial charge < -0.3 is 19.5 Å². The van der Waals surface area contributed by atoms with Gasteiger partial charge >= 0.3 is 0 Å². The Bertz CT molecular complexity index is 382. The molecule has 108 valence electrons. The van der Waals surface area contributed by atoms with Crippen molar-refractivity contribution in [1.82, 2.24) is 5.32 Å². The summed E-state index contributed by atoms with van der Waals surface area (Å²) in [5.41, 5.74) is 2.28. The van der Waals surface area contributed by atoms with Crippen molar-refractivity contribution in [1.29, 1.82) is 0 Å². The van der Waals surface area contributed by atoms with E-state index < -0.39 is 0 Å². The van der Waals surface area contributed by atoms with Crippen molar-refractivity contribution in [3.8, 4) is 5.75 Å². The van der Waals surface area contributed by atoms with Crippen LogP contribution >= 0.6 is 0 Å². The highest BCUT2D eigenvalue weighted by Crippen LogP contribution is 2.24. The van der Waals surface area contributed by atoms with Gasteiger partial charge in [-0.3, -0.25) is 0 Å². The summed E-state index contributed by atoms with van der Waals surface area (Å²) in [5, 5.41) is 3.50. The second kappa shape index (κ2) is 8.15. The van der Waals surface area contributed by atoms with Crippen LogP contribution in [0.3, 0.4) is 0 Å². The molecule has 0 aliphatic carbocycles. The summed E-state index contributed by atoms with van der Waals surface area (Å²) >= 11 is 0. The molecule has 0 spiro atoms. The molecular formula is C15H25NO3. The van der Waals surface area contributed by atoms with Gasteiger partial charge in [-0.05, 0) is 31.5 Å². The van der Waals surface area contributed by atoms with Crippen LogP contribution < -0.4 is 10.1 Å². The Balaban J connectivity index is 2.79. The maximum Gasteiger partial charge on any atom is 0.124 e. The second-order valence-corrected chi connectivity index (χ2v) is 4.75. The smallest absolute Gasteiger partial charge is 0.124 e. The normalized spacial score (nSPS) is 14.2. The number of ether oxygens (including phenoxy) is 3. The van der Waals surface area contributed by atoms with Crippen molar-refractivity contribution in [2.24, 2.45) is 0 Å². The lowest BCUT2D eigenvalue weighted by Gasteiger charge is -2.21. The van der Waals surface area contributed by atoms with Gasteiger partial charge in [0, 0.05) is 31.9 Å². The molecule has 2 unspecified atom stereocenters. The van der Waals surface area contributed by atoms with E-state index in [1.807, 2.05) is 6.07 Å². The first-order valence-corrected chi connectivity index (χ1v) is 6.53. The zero-order valence-electron chi connectivity index (χ0n) is 12.5. The number of nitrogens with one attached hydrogen (secondary N) is 1. The first-order chi connectivity index (χ1) is 9.12. The first kappa shape index (κ1) is 16.0. The maximum atomic E-state index is 5.33. The Morgan fingerprint density at radius 3 is 2.42 bits per heavy atom. The molecule has 2 atom stereocenters. The predicted octanol–water partition coefficient (Wildman–Crippen LogP) is 2.53. The molecule has 1 rings (SSSR count). The van der Waals surface area contributed by atoms with Gasteiger partial charge in [0.05, 0.1) is 20.3 Å². The molecule has 4 heteroatoms. The van der Waals surface area contributed by atoms with E-state index in [1.165, 1.54) is 5.56 Å². The molecule has 4 nitrogen and oxygen atoms in total. The number of hydrogen-bond donors (Lipinski definition) is 1. The summed E-state index contributed by atoms with van der Waals surface area (Å²) in [7, 11) is 5.08. The molecule has 0 aliphatic heterocycles. The fourth-order valence-corrected chi connectivity index (χ4v) is 2.16. The molecule has 1 N–H and O–H groups in total. The lowest BCUT2D eigenvalue weighted by atomic mass is 10.0. The molecule has 0 aromatic heterocycles. The standard InChI is InChI=1S/C15H25NO3/c1-11(9-17-3)16-12(2)13-6-7-15(19-5)14(8-13)10-18-4/h6-8,11-12,16H,9-10H2,1-5H3. The van der Waals surface area contributed by atoms with Crippen LogP contribution in [-0.4, -0.2) is 34.0 Å². The monoisotopic (exact) mass is 267 g/mol. The molecule has 1 aromatic carbocycles. The van der Waals surface area contributed by atoms with Gasteiger partial charge in [0.2, 0.25) is 0 Å². The van der Waals surface area contributed by atoms with Crippen LogP contribution in [0, 0.1) is 0 Å². The fraction of sp³-hybridized carbons (Fsp3) is 0.600. The molecule has 0 bridgehead atoms. The zero-order chi connectivity index (χ0) is 14.3. The summed E-state index contributed by atoms with van der Waals surface area (Å²) in [6, 6.07) is 6.76. The van der Waals surface area contributed by atoms with Gasteiger partial charge in [-0.25, -0.2) is 0 Å². The molecular weight excluding hydrogens is 242 g/mol. The third-order valence-corrected chi connectivity index (χ3v) is 3.06. The third-order valence-electron chi connectivity index (χ3n) is 3.06. The molecule has 0 aliphatic rings. The van der Waals surface area contributed by atoms with E-state index in [4.69, 9.17) is 14.2 Å². The molecule has 0 saturated heterocycles. The highest BCUT2D eigenvalue weighted by Gasteiger charge is 2.12. The van der Waals surface area contributed by atoms with Crippen molar-refractivity contribution < 1.29 is 14.2 Å². The topological polar surface area (TPSA) is 39.7 Å². The highest BCUT2D eigenvalue weighted by atomic mass is 16.5. The van der Waals surface area contributed by atoms with Crippen LogP contribution in [0.25, 0.3) is 0 Å². The van der Waals surface area contributed by atoms with E-state index in [0.717, 1.165) is 11.3 Å². The van der Waals surface area contributed by atoms with Crippen LogP contribution in [0.2, 0.25) is 0 Å². The van der Waals surface area contributed by atoms with Crippen molar-refractivity contribution in [2.75, 3.05) is 27.9 Å². The fourth-order valence-electron chi connectivity index (χ4n) is 2.16. The molecule has 1 aromatic rings. The minimum atomic E-state index is 0.256. The van der Waals surface area contributed by atoms with Gasteiger partial charge in [0.15, 0.2) is 0 Å².